The lowest BCUT2D eigenvalue weighted by molar-refractivity contribution is 0.0603. The third-order valence-electron chi connectivity index (χ3n) is 1.88. The van der Waals surface area contributed by atoms with E-state index in [1.807, 2.05) is 6.08 Å². The molecule has 0 aromatic carbocycles. The molecular formula is C10H15N3O2S2. The number of hydrogen-bond donors (Lipinski definition) is 2. The Labute approximate surface area is 109 Å². The van der Waals surface area contributed by atoms with Gasteiger partial charge in [-0.2, -0.15) is 16.1 Å². The Morgan fingerprint density at radius 2 is 2.53 bits per heavy atom. The van der Waals surface area contributed by atoms with Crippen molar-refractivity contribution in [1.82, 2.24) is 4.37 Å². The molecule has 0 spiro atoms. The lowest BCUT2D eigenvalue weighted by Crippen LogP contribution is -2.10. The Kier molecular flexibility index (Phi) is 5.85. The van der Waals surface area contributed by atoms with Gasteiger partial charge in [0.05, 0.1) is 7.11 Å². The highest BCUT2D eigenvalue weighted by Gasteiger charge is 2.19. The molecular weight excluding hydrogens is 258 g/mol. The van der Waals surface area contributed by atoms with Gasteiger partial charge in [0.15, 0.2) is 5.82 Å². The second-order valence-corrected chi connectivity index (χ2v) is 4.98. The second-order valence-electron chi connectivity index (χ2n) is 3.05. The van der Waals surface area contributed by atoms with Crippen molar-refractivity contribution < 1.29 is 9.53 Å². The molecule has 0 aliphatic heterocycles. The third kappa shape index (κ3) is 3.94. The number of anilines is 2. The van der Waals surface area contributed by atoms with Crippen LogP contribution in [0.5, 0.6) is 0 Å². The molecule has 0 saturated heterocycles. The third-order valence-corrected chi connectivity index (χ3v) is 3.66. The first-order valence-corrected chi connectivity index (χ1v) is 6.89. The van der Waals surface area contributed by atoms with E-state index in [0.29, 0.717) is 10.6 Å². The zero-order valence-corrected chi connectivity index (χ0v) is 11.2. The summed E-state index contributed by atoms with van der Waals surface area (Å²) in [6.45, 7) is 4.38. The molecule has 1 rings (SSSR count). The fourth-order valence-corrected chi connectivity index (χ4v) is 2.43. The van der Waals surface area contributed by atoms with Crippen molar-refractivity contribution >= 4 is 40.1 Å². The zero-order chi connectivity index (χ0) is 12.7. The van der Waals surface area contributed by atoms with Crippen LogP contribution in [-0.4, -0.2) is 35.5 Å². The summed E-state index contributed by atoms with van der Waals surface area (Å²) in [5.74, 6) is 1.58. The number of methoxy groups -OCH3 is 1. The van der Waals surface area contributed by atoms with Gasteiger partial charge in [-0.15, -0.1) is 6.58 Å². The Hall–Kier alpha value is -1.21. The average Bonchev–Trinajstić information content (AvgIpc) is 2.69. The Morgan fingerprint density at radius 1 is 1.76 bits per heavy atom. The van der Waals surface area contributed by atoms with Crippen LogP contribution in [0.25, 0.3) is 0 Å². The summed E-state index contributed by atoms with van der Waals surface area (Å²) in [5.41, 5.74) is 5.93. The number of thioether (sulfide) groups is 1. The van der Waals surface area contributed by atoms with Gasteiger partial charge in [-0.25, -0.2) is 4.79 Å². The van der Waals surface area contributed by atoms with Crippen LogP contribution in [0.3, 0.4) is 0 Å². The van der Waals surface area contributed by atoms with Crippen molar-refractivity contribution in [3.8, 4) is 0 Å². The summed E-state index contributed by atoms with van der Waals surface area (Å²) in [7, 11) is 1.32. The van der Waals surface area contributed by atoms with Gasteiger partial charge in [-0.05, 0) is 11.5 Å². The SMILES string of the molecule is C=CCSCCNc1snc(N)c1C(=O)OC. The molecule has 7 heteroatoms. The molecule has 0 atom stereocenters. The molecule has 1 aromatic heterocycles. The molecule has 0 aliphatic rings. The number of nitrogens with zero attached hydrogens (tertiary/aromatic N) is 1. The molecule has 0 bridgehead atoms. The summed E-state index contributed by atoms with van der Waals surface area (Å²) < 4.78 is 8.58. The van der Waals surface area contributed by atoms with Crippen molar-refractivity contribution in [1.29, 1.82) is 0 Å². The van der Waals surface area contributed by atoms with Crippen LogP contribution in [0.2, 0.25) is 0 Å². The maximum atomic E-state index is 11.5. The van der Waals surface area contributed by atoms with Gasteiger partial charge in [-0.3, -0.25) is 0 Å². The number of nitrogens with one attached hydrogen (secondary N) is 1. The number of aromatic nitrogens is 1. The molecule has 3 N–H and O–H groups in total. The lowest BCUT2D eigenvalue weighted by atomic mass is 10.3. The van der Waals surface area contributed by atoms with E-state index >= 15 is 0 Å². The maximum absolute atomic E-state index is 11.5. The summed E-state index contributed by atoms with van der Waals surface area (Å²) in [6.07, 6.45) is 1.86. The van der Waals surface area contributed by atoms with Crippen LogP contribution in [0, 0.1) is 0 Å². The van der Waals surface area contributed by atoms with Gasteiger partial charge >= 0.3 is 5.97 Å². The highest BCUT2D eigenvalue weighted by Crippen LogP contribution is 2.27. The molecule has 0 unspecified atom stereocenters. The van der Waals surface area contributed by atoms with Crippen LogP contribution >= 0.6 is 23.3 Å². The minimum Gasteiger partial charge on any atom is -0.465 e. The van der Waals surface area contributed by atoms with Crippen LogP contribution < -0.4 is 11.1 Å². The second kappa shape index (κ2) is 7.18. The van der Waals surface area contributed by atoms with Crippen molar-refractivity contribution in [2.45, 2.75) is 0 Å². The molecule has 5 nitrogen and oxygen atoms in total. The number of esters is 1. The number of nitrogen functional groups attached to an aromatic ring is 1. The van der Waals surface area contributed by atoms with Crippen LogP contribution in [0.1, 0.15) is 10.4 Å². The zero-order valence-electron chi connectivity index (χ0n) is 9.56. The highest BCUT2D eigenvalue weighted by atomic mass is 32.2. The minimum atomic E-state index is -0.461. The molecule has 1 heterocycles. The van der Waals surface area contributed by atoms with E-state index in [1.54, 1.807) is 11.8 Å². The Bertz CT molecular complexity index is 393. The van der Waals surface area contributed by atoms with Crippen LogP contribution in [-0.2, 0) is 4.74 Å². The van der Waals surface area contributed by atoms with E-state index in [2.05, 4.69) is 21.0 Å². The van der Waals surface area contributed by atoms with E-state index in [-0.39, 0.29) is 5.82 Å². The predicted octanol–water partition coefficient (Wildman–Crippen LogP) is 1.84. The number of nitrogens with two attached hydrogens (primary N) is 1. The Balaban J connectivity index is 2.53. The summed E-state index contributed by atoms with van der Waals surface area (Å²) in [4.78, 5) is 11.5. The van der Waals surface area contributed by atoms with E-state index in [9.17, 15) is 4.79 Å². The van der Waals surface area contributed by atoms with Gasteiger partial charge in [0.25, 0.3) is 0 Å². The average molecular weight is 273 g/mol. The van der Waals surface area contributed by atoms with Gasteiger partial charge in [0, 0.05) is 18.1 Å². The number of rotatable bonds is 7. The van der Waals surface area contributed by atoms with Crippen molar-refractivity contribution in [3.05, 3.63) is 18.2 Å². The largest absolute Gasteiger partial charge is 0.465 e. The number of hydrogen-bond acceptors (Lipinski definition) is 7. The standard InChI is InChI=1S/C10H15N3O2S2/c1-3-5-16-6-4-12-9-7(10(14)15-2)8(11)13-17-9/h3,12H,1,4-6H2,2H3,(H2,11,13). The number of carbonyl (C=O) groups is 1. The Morgan fingerprint density at radius 3 is 3.18 bits per heavy atom. The van der Waals surface area contributed by atoms with Crippen LogP contribution in [0.4, 0.5) is 10.8 Å². The summed E-state index contributed by atoms with van der Waals surface area (Å²) >= 11 is 2.92. The quantitative estimate of drug-likeness (QED) is 0.448. The fraction of sp³-hybridized carbons (Fsp3) is 0.400. The van der Waals surface area contributed by atoms with Crippen molar-refractivity contribution in [2.24, 2.45) is 0 Å². The molecule has 17 heavy (non-hydrogen) atoms. The van der Waals surface area contributed by atoms with Gasteiger partial charge < -0.3 is 15.8 Å². The summed E-state index contributed by atoms with van der Waals surface area (Å²) in [5, 5.41) is 3.79. The van der Waals surface area contributed by atoms with Crippen molar-refractivity contribution in [2.75, 3.05) is 36.2 Å². The first kappa shape index (κ1) is 13.9. The number of carbonyl (C=O) groups excluding carboxylic acids is 1. The molecule has 94 valence electrons. The van der Waals surface area contributed by atoms with E-state index in [0.717, 1.165) is 18.1 Å². The van der Waals surface area contributed by atoms with E-state index < -0.39 is 5.97 Å². The van der Waals surface area contributed by atoms with Crippen LogP contribution in [0.15, 0.2) is 12.7 Å². The minimum absolute atomic E-state index is 0.211. The highest BCUT2D eigenvalue weighted by molar-refractivity contribution is 7.99. The first-order chi connectivity index (χ1) is 8.20. The summed E-state index contributed by atoms with van der Waals surface area (Å²) in [6, 6.07) is 0. The molecule has 1 aromatic rings. The molecule has 0 amide bonds. The van der Waals surface area contributed by atoms with E-state index in [4.69, 9.17) is 5.73 Å². The molecule has 0 saturated carbocycles. The smallest absolute Gasteiger partial charge is 0.344 e. The van der Waals surface area contributed by atoms with Gasteiger partial charge in [0.2, 0.25) is 0 Å². The maximum Gasteiger partial charge on any atom is 0.344 e. The van der Waals surface area contributed by atoms with Gasteiger partial charge in [-0.1, -0.05) is 6.08 Å². The topological polar surface area (TPSA) is 77.2 Å². The van der Waals surface area contributed by atoms with Gasteiger partial charge in [0.1, 0.15) is 10.6 Å². The predicted molar refractivity (Wildman–Crippen MR) is 73.9 cm³/mol. The first-order valence-electron chi connectivity index (χ1n) is 4.96. The lowest BCUT2D eigenvalue weighted by Gasteiger charge is -2.05. The normalized spacial score (nSPS) is 9.94. The molecule has 0 aliphatic carbocycles. The molecule has 0 radical (unpaired) electrons. The fourth-order valence-electron chi connectivity index (χ4n) is 1.13. The number of ether oxygens (including phenoxy) is 1. The monoisotopic (exact) mass is 273 g/mol. The van der Waals surface area contributed by atoms with Crippen molar-refractivity contribution in [3.63, 3.8) is 0 Å². The van der Waals surface area contributed by atoms with E-state index in [1.165, 1.54) is 18.6 Å². The molecule has 0 fully saturated rings.